The van der Waals surface area contributed by atoms with E-state index in [2.05, 4.69) is 9.97 Å². The minimum Gasteiger partial charge on any atom is -0.481 e. The summed E-state index contributed by atoms with van der Waals surface area (Å²) in [6.07, 6.45) is 3.08. The molecule has 0 aliphatic carbocycles. The van der Waals surface area contributed by atoms with Crippen molar-refractivity contribution in [3.05, 3.63) is 23.8 Å². The minimum atomic E-state index is -0.893. The minimum absolute atomic E-state index is 0.0734. The van der Waals surface area contributed by atoms with Crippen molar-refractivity contribution < 1.29 is 9.90 Å². The molecule has 5 nitrogen and oxygen atoms in total. The number of aryl methyl sites for hydroxylation is 1. The van der Waals surface area contributed by atoms with Gasteiger partial charge in [0.15, 0.2) is 0 Å². The first kappa shape index (κ1) is 13.6. The van der Waals surface area contributed by atoms with Gasteiger partial charge in [-0.15, -0.1) is 0 Å². The van der Waals surface area contributed by atoms with Crippen LogP contribution in [0.2, 0.25) is 0 Å². The number of carboxylic acids is 1. The maximum absolute atomic E-state index is 11.0. The second-order valence-electron chi connectivity index (χ2n) is 5.11. The van der Waals surface area contributed by atoms with Gasteiger partial charge in [-0.25, -0.2) is 0 Å². The molecule has 94 valence electrons. The molecule has 1 aromatic rings. The number of nitrogens with zero attached hydrogens (tertiary/aromatic N) is 2. The van der Waals surface area contributed by atoms with Gasteiger partial charge < -0.3 is 10.8 Å². The van der Waals surface area contributed by atoms with Crippen molar-refractivity contribution in [2.24, 2.45) is 5.73 Å². The molecular formula is C12H19N3O2. The summed E-state index contributed by atoms with van der Waals surface area (Å²) in [5.41, 5.74) is 6.04. The summed E-state index contributed by atoms with van der Waals surface area (Å²) in [5.74, 6) is -0.893. The van der Waals surface area contributed by atoms with Crippen LogP contribution in [0.3, 0.4) is 0 Å². The standard InChI is InChI=1S/C12H19N3O2/c1-8-10(15-6-5-14-8)12(4,7-9(16)17)11(2,3)13/h5-6H,7,13H2,1-4H3,(H,16,17). The van der Waals surface area contributed by atoms with Gasteiger partial charge in [-0.3, -0.25) is 14.8 Å². The van der Waals surface area contributed by atoms with Gasteiger partial charge in [0.1, 0.15) is 0 Å². The van der Waals surface area contributed by atoms with Crippen LogP contribution < -0.4 is 5.73 Å². The fraction of sp³-hybridized carbons (Fsp3) is 0.583. The summed E-state index contributed by atoms with van der Waals surface area (Å²) < 4.78 is 0. The first-order valence-corrected chi connectivity index (χ1v) is 5.47. The molecule has 1 aromatic heterocycles. The summed E-state index contributed by atoms with van der Waals surface area (Å²) in [4.78, 5) is 19.5. The number of carbonyl (C=O) groups is 1. The number of rotatable bonds is 4. The molecule has 5 heteroatoms. The van der Waals surface area contributed by atoms with E-state index in [0.29, 0.717) is 5.69 Å². The lowest BCUT2D eigenvalue weighted by Gasteiger charge is -2.40. The van der Waals surface area contributed by atoms with E-state index in [4.69, 9.17) is 10.8 Å². The Kier molecular flexibility index (Phi) is 3.52. The van der Waals surface area contributed by atoms with Gasteiger partial charge in [0.2, 0.25) is 0 Å². The third-order valence-electron chi connectivity index (χ3n) is 3.33. The Bertz CT molecular complexity index is 426. The number of hydrogen-bond acceptors (Lipinski definition) is 4. The summed E-state index contributed by atoms with van der Waals surface area (Å²) in [6.45, 7) is 7.25. The molecule has 1 heterocycles. The van der Waals surface area contributed by atoms with Crippen molar-refractivity contribution in [2.75, 3.05) is 0 Å². The molecule has 0 aliphatic heterocycles. The van der Waals surface area contributed by atoms with Crippen molar-refractivity contribution >= 4 is 5.97 Å². The first-order chi connectivity index (χ1) is 7.68. The van der Waals surface area contributed by atoms with Crippen LogP contribution in [0.25, 0.3) is 0 Å². The van der Waals surface area contributed by atoms with Crippen molar-refractivity contribution in [1.82, 2.24) is 9.97 Å². The Morgan fingerprint density at radius 3 is 2.29 bits per heavy atom. The van der Waals surface area contributed by atoms with Crippen LogP contribution in [-0.4, -0.2) is 26.6 Å². The number of carboxylic acid groups (broad SMARTS) is 1. The second-order valence-corrected chi connectivity index (χ2v) is 5.11. The van der Waals surface area contributed by atoms with E-state index in [1.165, 1.54) is 0 Å². The molecule has 0 aromatic carbocycles. The highest BCUT2D eigenvalue weighted by Gasteiger charge is 2.43. The highest BCUT2D eigenvalue weighted by Crippen LogP contribution is 2.36. The second kappa shape index (κ2) is 4.41. The zero-order valence-corrected chi connectivity index (χ0v) is 10.7. The first-order valence-electron chi connectivity index (χ1n) is 5.47. The van der Waals surface area contributed by atoms with Gasteiger partial charge in [0.05, 0.1) is 17.8 Å². The molecule has 1 atom stereocenters. The lowest BCUT2D eigenvalue weighted by Crippen LogP contribution is -2.54. The molecule has 0 amide bonds. The van der Waals surface area contributed by atoms with E-state index < -0.39 is 16.9 Å². The van der Waals surface area contributed by atoms with E-state index in [9.17, 15) is 4.79 Å². The lowest BCUT2D eigenvalue weighted by molar-refractivity contribution is -0.139. The van der Waals surface area contributed by atoms with E-state index in [1.54, 1.807) is 12.4 Å². The van der Waals surface area contributed by atoms with Crippen LogP contribution in [0.15, 0.2) is 12.4 Å². The number of nitrogens with two attached hydrogens (primary N) is 1. The zero-order chi connectivity index (χ0) is 13.3. The van der Waals surface area contributed by atoms with E-state index >= 15 is 0 Å². The van der Waals surface area contributed by atoms with Gasteiger partial charge >= 0.3 is 5.97 Å². The SMILES string of the molecule is Cc1nccnc1C(C)(CC(=O)O)C(C)(C)N. The monoisotopic (exact) mass is 237 g/mol. The lowest BCUT2D eigenvalue weighted by atomic mass is 9.68. The molecule has 0 aliphatic rings. The normalized spacial score (nSPS) is 15.4. The van der Waals surface area contributed by atoms with Gasteiger partial charge in [0, 0.05) is 23.3 Å². The molecule has 3 N–H and O–H groups in total. The average molecular weight is 237 g/mol. The molecule has 0 saturated carbocycles. The van der Waals surface area contributed by atoms with Gasteiger partial charge in [-0.05, 0) is 20.8 Å². The summed E-state index contributed by atoms with van der Waals surface area (Å²) in [7, 11) is 0. The average Bonchev–Trinajstić information content (AvgIpc) is 2.15. The summed E-state index contributed by atoms with van der Waals surface area (Å²) in [6, 6.07) is 0. The van der Waals surface area contributed by atoms with Gasteiger partial charge in [0.25, 0.3) is 0 Å². The molecule has 0 radical (unpaired) electrons. The predicted octanol–water partition coefficient (Wildman–Crippen LogP) is 1.25. The summed E-state index contributed by atoms with van der Waals surface area (Å²) in [5, 5.41) is 9.06. The topological polar surface area (TPSA) is 89.1 Å². The van der Waals surface area contributed by atoms with Crippen LogP contribution >= 0.6 is 0 Å². The molecule has 1 rings (SSSR count). The Balaban J connectivity index is 3.35. The fourth-order valence-corrected chi connectivity index (χ4v) is 1.87. The highest BCUT2D eigenvalue weighted by molar-refractivity contribution is 5.69. The van der Waals surface area contributed by atoms with E-state index in [-0.39, 0.29) is 6.42 Å². The Morgan fingerprint density at radius 1 is 1.35 bits per heavy atom. The molecule has 17 heavy (non-hydrogen) atoms. The molecule has 0 spiro atoms. The largest absolute Gasteiger partial charge is 0.481 e. The van der Waals surface area contributed by atoms with Crippen molar-refractivity contribution in [3.63, 3.8) is 0 Å². The van der Waals surface area contributed by atoms with Crippen LogP contribution in [-0.2, 0) is 10.2 Å². The van der Waals surface area contributed by atoms with Crippen molar-refractivity contribution in [3.8, 4) is 0 Å². The molecule has 0 saturated heterocycles. The maximum Gasteiger partial charge on any atom is 0.304 e. The Morgan fingerprint density at radius 2 is 1.88 bits per heavy atom. The quantitative estimate of drug-likeness (QED) is 0.822. The number of hydrogen-bond donors (Lipinski definition) is 2. The Labute approximate surface area is 101 Å². The molecule has 0 bridgehead atoms. The smallest absolute Gasteiger partial charge is 0.304 e. The Hall–Kier alpha value is -1.49. The predicted molar refractivity (Wildman–Crippen MR) is 64.6 cm³/mol. The van der Waals surface area contributed by atoms with E-state index in [0.717, 1.165) is 5.69 Å². The van der Waals surface area contributed by atoms with Crippen LogP contribution in [0.5, 0.6) is 0 Å². The third kappa shape index (κ3) is 2.61. The van der Waals surface area contributed by atoms with Crippen molar-refractivity contribution in [1.29, 1.82) is 0 Å². The van der Waals surface area contributed by atoms with Gasteiger partial charge in [-0.2, -0.15) is 0 Å². The fourth-order valence-electron chi connectivity index (χ4n) is 1.87. The zero-order valence-electron chi connectivity index (χ0n) is 10.7. The van der Waals surface area contributed by atoms with Crippen molar-refractivity contribution in [2.45, 2.75) is 45.1 Å². The van der Waals surface area contributed by atoms with Gasteiger partial charge in [-0.1, -0.05) is 6.92 Å². The van der Waals surface area contributed by atoms with Crippen LogP contribution in [0, 0.1) is 6.92 Å². The highest BCUT2D eigenvalue weighted by atomic mass is 16.4. The van der Waals surface area contributed by atoms with Crippen LogP contribution in [0.4, 0.5) is 0 Å². The summed E-state index contributed by atoms with van der Waals surface area (Å²) >= 11 is 0. The molecule has 1 unspecified atom stereocenters. The van der Waals surface area contributed by atoms with E-state index in [1.807, 2.05) is 27.7 Å². The third-order valence-corrected chi connectivity index (χ3v) is 3.33. The molecular weight excluding hydrogens is 218 g/mol. The van der Waals surface area contributed by atoms with Crippen LogP contribution in [0.1, 0.15) is 38.6 Å². The molecule has 0 fully saturated rings. The number of aliphatic carboxylic acids is 1. The maximum atomic E-state index is 11.0. The number of aromatic nitrogens is 2.